The molecule has 9 heteroatoms. The summed E-state index contributed by atoms with van der Waals surface area (Å²) in [6.45, 7) is 4.79. The van der Waals surface area contributed by atoms with Crippen LogP contribution >= 0.6 is 0 Å². The molecule has 226 valence electrons. The first-order valence-electron chi connectivity index (χ1n) is 14.5. The SMILES string of the molecule is COCCOCOc1c(OC)cc(C=CC=CC(=O)NCCCN2CCC(c3c[nH]c4ccccc34)CC2)cc1OC. The zero-order chi connectivity index (χ0) is 29.6. The van der Waals surface area contributed by atoms with Gasteiger partial charge in [0.1, 0.15) is 0 Å². The van der Waals surface area contributed by atoms with Gasteiger partial charge < -0.3 is 38.9 Å². The van der Waals surface area contributed by atoms with Gasteiger partial charge >= 0.3 is 0 Å². The number of rotatable bonds is 16. The maximum atomic E-state index is 12.3. The van der Waals surface area contributed by atoms with Gasteiger partial charge in [0.2, 0.25) is 11.7 Å². The summed E-state index contributed by atoms with van der Waals surface area (Å²) in [4.78, 5) is 18.2. The molecule has 4 rings (SSSR count). The van der Waals surface area contributed by atoms with Gasteiger partial charge in [0.25, 0.3) is 0 Å². The highest BCUT2D eigenvalue weighted by Gasteiger charge is 2.22. The fourth-order valence-electron chi connectivity index (χ4n) is 5.22. The van der Waals surface area contributed by atoms with Gasteiger partial charge in [-0.05, 0) is 74.1 Å². The minimum absolute atomic E-state index is 0.0490. The van der Waals surface area contributed by atoms with E-state index in [2.05, 4.69) is 45.7 Å². The first kappa shape index (κ1) is 31.2. The number of likely N-dealkylation sites (tertiary alicyclic amines) is 1. The molecule has 2 heterocycles. The fraction of sp³-hybridized carbons (Fsp3) is 0.424. The van der Waals surface area contributed by atoms with Crippen LogP contribution in [0.1, 0.15) is 36.3 Å². The van der Waals surface area contributed by atoms with Crippen LogP contribution in [0.25, 0.3) is 17.0 Å². The molecule has 1 aliphatic heterocycles. The summed E-state index contributed by atoms with van der Waals surface area (Å²) in [7, 11) is 4.75. The number of nitrogens with one attached hydrogen (secondary N) is 2. The van der Waals surface area contributed by atoms with Crippen LogP contribution in [0.4, 0.5) is 0 Å². The normalized spacial score (nSPS) is 14.6. The lowest BCUT2D eigenvalue weighted by Crippen LogP contribution is -2.35. The van der Waals surface area contributed by atoms with E-state index in [1.54, 1.807) is 33.5 Å². The molecule has 1 fully saturated rings. The molecule has 0 bridgehead atoms. The van der Waals surface area contributed by atoms with E-state index in [1.807, 2.05) is 18.2 Å². The zero-order valence-corrected chi connectivity index (χ0v) is 24.9. The van der Waals surface area contributed by atoms with Crippen molar-refractivity contribution >= 4 is 22.9 Å². The molecule has 1 aromatic heterocycles. The number of aromatic nitrogens is 1. The Hall–Kier alpha value is -3.79. The van der Waals surface area contributed by atoms with Crippen molar-refractivity contribution in [3.8, 4) is 17.2 Å². The number of piperidine rings is 1. The summed E-state index contributed by atoms with van der Waals surface area (Å²) in [5, 5.41) is 4.33. The van der Waals surface area contributed by atoms with E-state index in [9.17, 15) is 4.79 Å². The van der Waals surface area contributed by atoms with Crippen molar-refractivity contribution in [3.63, 3.8) is 0 Å². The van der Waals surface area contributed by atoms with Crippen molar-refractivity contribution in [1.29, 1.82) is 0 Å². The van der Waals surface area contributed by atoms with Gasteiger partial charge in [-0.3, -0.25) is 4.79 Å². The van der Waals surface area contributed by atoms with Gasteiger partial charge in [-0.2, -0.15) is 0 Å². The van der Waals surface area contributed by atoms with Gasteiger partial charge in [0.15, 0.2) is 18.3 Å². The molecule has 0 aliphatic carbocycles. The number of aromatic amines is 1. The molecular formula is C33H43N3O6. The Kier molecular flexibility index (Phi) is 12.3. The molecule has 1 saturated heterocycles. The van der Waals surface area contributed by atoms with Crippen molar-refractivity contribution in [2.75, 3.05) is 67.5 Å². The number of ether oxygens (including phenoxy) is 5. The summed E-state index contributed by atoms with van der Waals surface area (Å²) in [5.74, 6) is 2.00. The second-order valence-corrected chi connectivity index (χ2v) is 10.2. The average Bonchev–Trinajstić information content (AvgIpc) is 3.46. The third kappa shape index (κ3) is 8.85. The lowest BCUT2D eigenvalue weighted by atomic mass is 9.89. The Balaban J connectivity index is 1.15. The Labute approximate surface area is 248 Å². The van der Waals surface area contributed by atoms with E-state index in [1.165, 1.54) is 35.4 Å². The summed E-state index contributed by atoms with van der Waals surface area (Å²) in [5.41, 5.74) is 3.51. The van der Waals surface area contributed by atoms with E-state index in [0.29, 0.717) is 42.9 Å². The zero-order valence-electron chi connectivity index (χ0n) is 24.9. The number of benzene rings is 2. The number of hydrogen-bond acceptors (Lipinski definition) is 7. The molecule has 2 N–H and O–H groups in total. The van der Waals surface area contributed by atoms with Crippen LogP contribution in [0.15, 0.2) is 60.8 Å². The summed E-state index contributed by atoms with van der Waals surface area (Å²) >= 11 is 0. The van der Waals surface area contributed by atoms with Crippen LogP contribution in [0.5, 0.6) is 17.2 Å². The Bertz CT molecular complexity index is 1300. The van der Waals surface area contributed by atoms with Crippen molar-refractivity contribution in [2.45, 2.75) is 25.2 Å². The maximum absolute atomic E-state index is 12.3. The van der Waals surface area contributed by atoms with Gasteiger partial charge in [0, 0.05) is 36.8 Å². The highest BCUT2D eigenvalue weighted by atomic mass is 16.7. The standard InChI is InChI=1S/C33H43N3O6/c1-38-19-20-41-24-42-33-30(39-2)21-25(22-31(33)40-3)9-4-7-12-32(37)34-15-8-16-36-17-13-26(14-18-36)28-23-35-29-11-6-5-10-27(28)29/h4-7,9-12,21-23,26,35H,8,13-20,24H2,1-3H3,(H,34,37). The number of para-hydroxylation sites is 1. The van der Waals surface area contributed by atoms with Crippen molar-refractivity contribution in [3.05, 3.63) is 72.0 Å². The van der Waals surface area contributed by atoms with Crippen LogP contribution in [0.2, 0.25) is 0 Å². The van der Waals surface area contributed by atoms with Crippen LogP contribution in [0, 0.1) is 0 Å². The van der Waals surface area contributed by atoms with E-state index >= 15 is 0 Å². The second-order valence-electron chi connectivity index (χ2n) is 10.2. The summed E-state index contributed by atoms with van der Waals surface area (Å²) in [6, 6.07) is 12.2. The van der Waals surface area contributed by atoms with Crippen LogP contribution < -0.4 is 19.5 Å². The third-order valence-corrected chi connectivity index (χ3v) is 7.45. The molecule has 2 aromatic carbocycles. The van der Waals surface area contributed by atoms with E-state index in [4.69, 9.17) is 23.7 Å². The molecule has 0 atom stereocenters. The molecular weight excluding hydrogens is 534 g/mol. The number of H-pyrrole nitrogens is 1. The third-order valence-electron chi connectivity index (χ3n) is 7.45. The monoisotopic (exact) mass is 577 g/mol. The Morgan fingerprint density at radius 1 is 1.05 bits per heavy atom. The number of methoxy groups -OCH3 is 3. The predicted molar refractivity (Wildman–Crippen MR) is 165 cm³/mol. The van der Waals surface area contributed by atoms with Crippen molar-refractivity contribution < 1.29 is 28.5 Å². The highest BCUT2D eigenvalue weighted by Crippen LogP contribution is 2.39. The molecule has 1 aliphatic rings. The molecule has 0 radical (unpaired) electrons. The molecule has 0 unspecified atom stereocenters. The van der Waals surface area contributed by atoms with Crippen molar-refractivity contribution in [1.82, 2.24) is 15.2 Å². The highest BCUT2D eigenvalue weighted by molar-refractivity contribution is 5.87. The number of hydrogen-bond donors (Lipinski definition) is 2. The maximum Gasteiger partial charge on any atom is 0.243 e. The van der Waals surface area contributed by atoms with Gasteiger partial charge in [-0.15, -0.1) is 0 Å². The number of carbonyl (C=O) groups excluding carboxylic acids is 1. The second kappa shape index (κ2) is 16.6. The smallest absolute Gasteiger partial charge is 0.243 e. The molecule has 9 nitrogen and oxygen atoms in total. The van der Waals surface area contributed by atoms with Crippen LogP contribution in [-0.2, 0) is 14.3 Å². The topological polar surface area (TPSA) is 94.3 Å². The van der Waals surface area contributed by atoms with E-state index < -0.39 is 0 Å². The Morgan fingerprint density at radius 3 is 2.55 bits per heavy atom. The first-order chi connectivity index (χ1) is 20.6. The Morgan fingerprint density at radius 2 is 1.81 bits per heavy atom. The van der Waals surface area contributed by atoms with E-state index in [0.717, 1.165) is 31.6 Å². The van der Waals surface area contributed by atoms with Gasteiger partial charge in [-0.1, -0.05) is 36.4 Å². The quantitative estimate of drug-likeness (QED) is 0.105. The van der Waals surface area contributed by atoms with Crippen LogP contribution in [-0.4, -0.2) is 83.3 Å². The number of allylic oxidation sites excluding steroid dienone is 2. The first-order valence-corrected chi connectivity index (χ1v) is 14.5. The molecule has 0 saturated carbocycles. The number of fused-ring (bicyclic) bond motifs is 1. The minimum Gasteiger partial charge on any atom is -0.493 e. The average molecular weight is 578 g/mol. The van der Waals surface area contributed by atoms with Gasteiger partial charge in [0.05, 0.1) is 27.4 Å². The number of nitrogens with zero attached hydrogens (tertiary/aromatic N) is 1. The number of carbonyl (C=O) groups is 1. The lowest BCUT2D eigenvalue weighted by molar-refractivity contribution is -0.116. The molecule has 1 amide bonds. The fourth-order valence-corrected chi connectivity index (χ4v) is 5.22. The minimum atomic E-state index is -0.106. The summed E-state index contributed by atoms with van der Waals surface area (Å²) < 4.78 is 27.0. The van der Waals surface area contributed by atoms with Crippen molar-refractivity contribution in [2.24, 2.45) is 0 Å². The van der Waals surface area contributed by atoms with Gasteiger partial charge in [-0.25, -0.2) is 0 Å². The number of amides is 1. The molecule has 0 spiro atoms. The predicted octanol–water partition coefficient (Wildman–Crippen LogP) is 5.14. The lowest BCUT2D eigenvalue weighted by Gasteiger charge is -2.32. The summed E-state index contributed by atoms with van der Waals surface area (Å²) in [6.07, 6.45) is 12.4. The van der Waals surface area contributed by atoms with E-state index in [-0.39, 0.29) is 12.7 Å². The molecule has 42 heavy (non-hydrogen) atoms. The van der Waals surface area contributed by atoms with Crippen LogP contribution in [0.3, 0.4) is 0 Å². The molecule has 3 aromatic rings. The largest absolute Gasteiger partial charge is 0.493 e.